The van der Waals surface area contributed by atoms with Crippen LogP contribution < -0.4 is 32.5 Å². The number of carboxylic acids is 6. The Morgan fingerprint density at radius 1 is 0.571 bits per heavy atom. The van der Waals surface area contributed by atoms with Crippen LogP contribution in [-0.4, -0.2) is 95.1 Å². The fourth-order valence-corrected chi connectivity index (χ4v) is 0.814. The van der Waals surface area contributed by atoms with Crippen LogP contribution in [0.2, 0.25) is 0 Å². The molecular formula is C12H18InN3O12. The molecule has 0 aromatic heterocycles. The Balaban J connectivity index is -0.000000152. The van der Waals surface area contributed by atoms with Gasteiger partial charge in [-0.05, 0) is 0 Å². The van der Waals surface area contributed by atoms with Crippen LogP contribution in [0, 0.1) is 0 Å². The number of nitrogens with two attached hydrogens (primary N) is 3. The van der Waals surface area contributed by atoms with Gasteiger partial charge in [0.25, 0.3) is 0 Å². The second kappa shape index (κ2) is 18.0. The summed E-state index contributed by atoms with van der Waals surface area (Å²) in [5.74, 6) is -8.36. The van der Waals surface area contributed by atoms with Gasteiger partial charge >= 0.3 is 43.8 Å². The molecule has 0 heterocycles. The third kappa shape index (κ3) is 25.8. The van der Waals surface area contributed by atoms with Gasteiger partial charge in [-0.15, -0.1) is 0 Å². The molecule has 15 nitrogen and oxygen atoms in total. The maximum atomic E-state index is 9.74. The average Bonchev–Trinajstić information content (AvgIpc) is 2.46. The topological polar surface area (TPSA) is 310 Å². The Hall–Kier alpha value is -2.43. The molecule has 156 valence electrons. The molecule has 0 bridgehead atoms. The van der Waals surface area contributed by atoms with Gasteiger partial charge in [0.15, 0.2) is 0 Å². The molecule has 28 heavy (non-hydrogen) atoms. The predicted molar refractivity (Wildman–Crippen MR) is 81.5 cm³/mol. The standard InChI is InChI=1S/3C4H7NO4.In/c3*5-2(4(8)9)1-3(6)7;/h3*2H,1,5H2,(H,6,7)(H,8,9);/q;;;+3/p-3/t3*2-;/m000./s1. The number of hydrogen-bond acceptors (Lipinski definition) is 12. The first-order valence-electron chi connectivity index (χ1n) is 6.66. The molecule has 0 aliphatic rings. The van der Waals surface area contributed by atoms with E-state index in [1.807, 2.05) is 0 Å². The second-order valence-electron chi connectivity index (χ2n) is 4.57. The maximum Gasteiger partial charge on any atom is 3.00 e. The Morgan fingerprint density at radius 3 is 0.750 bits per heavy atom. The fourth-order valence-electron chi connectivity index (χ4n) is 0.814. The average molecular weight is 511 g/mol. The summed E-state index contributed by atoms with van der Waals surface area (Å²) in [5.41, 5.74) is 14.3. The molecule has 0 aromatic rings. The van der Waals surface area contributed by atoms with Gasteiger partial charge in [0.2, 0.25) is 0 Å². The molecule has 0 rings (SSSR count). The molecule has 9 N–H and O–H groups in total. The van der Waals surface area contributed by atoms with Gasteiger partial charge in [0.1, 0.15) is 0 Å². The molecule has 3 atom stereocenters. The number of hydrogen-bond donors (Lipinski definition) is 6. The van der Waals surface area contributed by atoms with E-state index in [1.54, 1.807) is 0 Å². The molecule has 0 unspecified atom stereocenters. The van der Waals surface area contributed by atoms with E-state index >= 15 is 0 Å². The first-order valence-corrected chi connectivity index (χ1v) is 6.66. The van der Waals surface area contributed by atoms with Gasteiger partial charge in [-0.25, -0.2) is 0 Å². The Morgan fingerprint density at radius 2 is 0.714 bits per heavy atom. The van der Waals surface area contributed by atoms with E-state index in [0.29, 0.717) is 0 Å². The monoisotopic (exact) mass is 511 g/mol. The zero-order valence-electron chi connectivity index (χ0n) is 14.2. The number of rotatable bonds is 9. The van der Waals surface area contributed by atoms with Crippen LogP contribution in [0.4, 0.5) is 0 Å². The van der Waals surface area contributed by atoms with E-state index in [9.17, 15) is 44.1 Å². The van der Waals surface area contributed by atoms with Gasteiger partial charge < -0.3 is 62.2 Å². The first kappa shape index (κ1) is 33.2. The van der Waals surface area contributed by atoms with Gasteiger partial charge in [-0.2, -0.15) is 0 Å². The summed E-state index contributed by atoms with van der Waals surface area (Å²) < 4.78 is 0. The molecule has 0 saturated carbocycles. The van der Waals surface area contributed by atoms with Crippen LogP contribution in [-0.2, 0) is 28.8 Å². The second-order valence-corrected chi connectivity index (χ2v) is 4.57. The smallest absolute Gasteiger partial charge is 0.548 e. The van der Waals surface area contributed by atoms with Crippen molar-refractivity contribution in [3.05, 3.63) is 0 Å². The Bertz CT molecular complexity index is 480. The third-order valence-corrected chi connectivity index (χ3v) is 2.09. The van der Waals surface area contributed by atoms with Crippen molar-refractivity contribution < 1.29 is 59.4 Å². The SMILES string of the molecule is N[C@@H](CC(=O)O)C(=O)[O-].N[C@@H](CC(=O)O)C(=O)[O-].N[C@@H](CC(=O)O)C(=O)[O-].[In+3]. The largest absolute Gasteiger partial charge is 3.00 e. The molecule has 0 radical (unpaired) electrons. The van der Waals surface area contributed by atoms with Crippen LogP contribution in [0.25, 0.3) is 0 Å². The molecule has 16 heteroatoms. The van der Waals surface area contributed by atoms with Crippen molar-refractivity contribution in [3.63, 3.8) is 0 Å². The maximum absolute atomic E-state index is 9.74. The molecule has 0 amide bonds. The number of carbonyl (C=O) groups excluding carboxylic acids is 3. The fraction of sp³-hybridized carbons (Fsp3) is 0.500. The third-order valence-electron chi connectivity index (χ3n) is 2.09. The molecule has 0 spiro atoms. The summed E-state index contributed by atoms with van der Waals surface area (Å²) in [7, 11) is 0. The predicted octanol–water partition coefficient (Wildman–Crippen LogP) is -7.77. The van der Waals surface area contributed by atoms with Crippen molar-refractivity contribution in [1.29, 1.82) is 0 Å². The minimum Gasteiger partial charge on any atom is -0.548 e. The van der Waals surface area contributed by atoms with E-state index in [4.69, 9.17) is 32.5 Å². The van der Waals surface area contributed by atoms with Crippen LogP contribution in [0.3, 0.4) is 0 Å². The van der Waals surface area contributed by atoms with E-state index in [0.717, 1.165) is 0 Å². The summed E-state index contributed by atoms with van der Waals surface area (Å²) in [6.45, 7) is 0. The molecule has 0 saturated heterocycles. The van der Waals surface area contributed by atoms with Crippen LogP contribution >= 0.6 is 0 Å². The van der Waals surface area contributed by atoms with E-state index in [-0.39, 0.29) is 25.8 Å². The molecular weight excluding hydrogens is 493 g/mol. The summed E-state index contributed by atoms with van der Waals surface area (Å²) in [6.07, 6.45) is -1.78. The number of aliphatic carboxylic acids is 6. The van der Waals surface area contributed by atoms with E-state index in [2.05, 4.69) is 0 Å². The summed E-state index contributed by atoms with van der Waals surface area (Å²) in [6, 6.07) is -4.20. The summed E-state index contributed by atoms with van der Waals surface area (Å²) in [5, 5.41) is 53.1. The summed E-state index contributed by atoms with van der Waals surface area (Å²) >= 11 is 0. The zero-order valence-corrected chi connectivity index (χ0v) is 17.5. The van der Waals surface area contributed by atoms with E-state index in [1.165, 1.54) is 0 Å². The van der Waals surface area contributed by atoms with Crippen molar-refractivity contribution in [2.45, 2.75) is 37.4 Å². The molecule has 0 aliphatic heterocycles. The number of carbonyl (C=O) groups is 6. The Kier molecular flexibility index (Phi) is 21.3. The number of carboxylic acid groups (broad SMARTS) is 6. The van der Waals surface area contributed by atoms with Gasteiger partial charge in [0.05, 0.1) is 55.3 Å². The summed E-state index contributed by atoms with van der Waals surface area (Å²) in [4.78, 5) is 58.4. The van der Waals surface area contributed by atoms with Crippen molar-refractivity contribution in [2.24, 2.45) is 17.2 Å². The Labute approximate surface area is 175 Å². The van der Waals surface area contributed by atoms with Crippen molar-refractivity contribution in [1.82, 2.24) is 0 Å². The van der Waals surface area contributed by atoms with Gasteiger partial charge in [-0.1, -0.05) is 0 Å². The molecule has 0 aromatic carbocycles. The van der Waals surface area contributed by atoms with Gasteiger partial charge in [0, 0.05) is 0 Å². The van der Waals surface area contributed by atoms with Crippen molar-refractivity contribution >= 4 is 61.7 Å². The van der Waals surface area contributed by atoms with E-state index < -0.39 is 73.2 Å². The van der Waals surface area contributed by atoms with Crippen molar-refractivity contribution in [2.75, 3.05) is 0 Å². The zero-order chi connectivity index (χ0) is 22.3. The van der Waals surface area contributed by atoms with Gasteiger partial charge in [-0.3, -0.25) is 14.4 Å². The van der Waals surface area contributed by atoms with Crippen LogP contribution in [0.5, 0.6) is 0 Å². The molecule has 0 aliphatic carbocycles. The first-order chi connectivity index (χ1) is 12.1. The van der Waals surface area contributed by atoms with Crippen LogP contribution in [0.1, 0.15) is 19.3 Å². The van der Waals surface area contributed by atoms with Crippen LogP contribution in [0.15, 0.2) is 0 Å². The minimum absolute atomic E-state index is 0. The van der Waals surface area contributed by atoms with Crippen molar-refractivity contribution in [3.8, 4) is 0 Å². The normalized spacial score (nSPS) is 12.1. The quantitative estimate of drug-likeness (QED) is 0.167. The molecule has 0 fully saturated rings. The minimum atomic E-state index is -1.54.